The molecule has 2 N–H and O–H groups in total. The average molecular weight is 213 g/mol. The monoisotopic (exact) mass is 213 g/mol. The van der Waals surface area contributed by atoms with Crippen LogP contribution >= 0.6 is 0 Å². The summed E-state index contributed by atoms with van der Waals surface area (Å²) >= 11 is 0. The van der Waals surface area contributed by atoms with Gasteiger partial charge in [-0.2, -0.15) is 0 Å². The molecule has 1 aliphatic heterocycles. The molecule has 1 rings (SSSR count). The quantitative estimate of drug-likeness (QED) is 0.736. The number of hydrogen-bond acceptors (Lipinski definition) is 2. The van der Waals surface area contributed by atoms with Crippen molar-refractivity contribution in [2.75, 3.05) is 6.61 Å². The largest absolute Gasteiger partial charge is 0.378 e. The van der Waals surface area contributed by atoms with Crippen molar-refractivity contribution in [1.29, 1.82) is 0 Å². The fourth-order valence-corrected chi connectivity index (χ4v) is 2.37. The van der Waals surface area contributed by atoms with E-state index in [4.69, 9.17) is 10.5 Å². The third-order valence-electron chi connectivity index (χ3n) is 3.57. The summed E-state index contributed by atoms with van der Waals surface area (Å²) in [5.74, 6) is 0.665. The van der Waals surface area contributed by atoms with E-state index in [-0.39, 0.29) is 0 Å². The molecule has 0 aromatic rings. The molecular formula is C13H27NO. The summed E-state index contributed by atoms with van der Waals surface area (Å²) in [6.07, 6.45) is 9.12. The minimum absolute atomic E-state index is 0.371. The SMILES string of the molecule is CCCC(C)C(N)CCC1CCCCO1. The van der Waals surface area contributed by atoms with Crippen LogP contribution in [0.15, 0.2) is 0 Å². The minimum atomic E-state index is 0.371. The van der Waals surface area contributed by atoms with Crippen LogP contribution in [0.4, 0.5) is 0 Å². The standard InChI is InChI=1S/C13H27NO/c1-3-6-11(2)13(14)9-8-12-7-4-5-10-15-12/h11-13H,3-10,14H2,1-2H3. The normalized spacial score (nSPS) is 26.2. The molecular weight excluding hydrogens is 186 g/mol. The summed E-state index contributed by atoms with van der Waals surface area (Å²) in [6.45, 7) is 5.47. The minimum Gasteiger partial charge on any atom is -0.378 e. The summed E-state index contributed by atoms with van der Waals surface area (Å²) in [5, 5.41) is 0. The van der Waals surface area contributed by atoms with Gasteiger partial charge < -0.3 is 10.5 Å². The van der Waals surface area contributed by atoms with Crippen LogP contribution in [0.3, 0.4) is 0 Å². The van der Waals surface area contributed by atoms with Crippen molar-refractivity contribution in [3.8, 4) is 0 Å². The predicted octanol–water partition coefficient (Wildman–Crippen LogP) is 3.10. The molecule has 0 radical (unpaired) electrons. The van der Waals surface area contributed by atoms with E-state index in [2.05, 4.69) is 13.8 Å². The second kappa shape index (κ2) is 7.24. The van der Waals surface area contributed by atoms with E-state index in [0.29, 0.717) is 18.1 Å². The summed E-state index contributed by atoms with van der Waals surface area (Å²) in [4.78, 5) is 0. The highest BCUT2D eigenvalue weighted by Crippen LogP contribution is 2.20. The Balaban J connectivity index is 2.11. The molecule has 1 fully saturated rings. The Morgan fingerprint density at radius 2 is 2.13 bits per heavy atom. The maximum atomic E-state index is 6.16. The molecule has 0 aromatic carbocycles. The molecule has 2 heteroatoms. The first-order valence-electron chi connectivity index (χ1n) is 6.61. The van der Waals surface area contributed by atoms with E-state index in [1.54, 1.807) is 0 Å². The number of ether oxygens (including phenoxy) is 1. The third kappa shape index (κ3) is 4.98. The fourth-order valence-electron chi connectivity index (χ4n) is 2.37. The van der Waals surface area contributed by atoms with E-state index in [1.165, 1.54) is 32.1 Å². The summed E-state index contributed by atoms with van der Waals surface area (Å²) in [6, 6.07) is 0.371. The van der Waals surface area contributed by atoms with Crippen molar-refractivity contribution < 1.29 is 4.74 Å². The van der Waals surface area contributed by atoms with Gasteiger partial charge in [0.15, 0.2) is 0 Å². The molecule has 1 saturated heterocycles. The van der Waals surface area contributed by atoms with Crippen LogP contribution in [0.5, 0.6) is 0 Å². The number of nitrogens with two attached hydrogens (primary N) is 1. The highest BCUT2D eigenvalue weighted by Gasteiger charge is 2.17. The lowest BCUT2D eigenvalue weighted by molar-refractivity contribution is 0.00833. The van der Waals surface area contributed by atoms with Crippen molar-refractivity contribution in [1.82, 2.24) is 0 Å². The molecule has 3 atom stereocenters. The molecule has 2 nitrogen and oxygen atoms in total. The Labute approximate surface area is 94.6 Å². The van der Waals surface area contributed by atoms with E-state index in [1.807, 2.05) is 0 Å². The molecule has 3 unspecified atom stereocenters. The van der Waals surface area contributed by atoms with Gasteiger partial charge >= 0.3 is 0 Å². The van der Waals surface area contributed by atoms with Gasteiger partial charge in [0.2, 0.25) is 0 Å². The first kappa shape index (κ1) is 13.0. The average Bonchev–Trinajstić information content (AvgIpc) is 2.27. The molecule has 0 bridgehead atoms. The second-order valence-corrected chi connectivity index (χ2v) is 5.00. The van der Waals surface area contributed by atoms with Gasteiger partial charge in [0, 0.05) is 12.6 Å². The predicted molar refractivity (Wildman–Crippen MR) is 64.9 cm³/mol. The van der Waals surface area contributed by atoms with Gasteiger partial charge in [0.25, 0.3) is 0 Å². The topological polar surface area (TPSA) is 35.2 Å². The Kier molecular flexibility index (Phi) is 6.26. The summed E-state index contributed by atoms with van der Waals surface area (Å²) in [5.41, 5.74) is 6.16. The molecule has 1 aliphatic rings. The van der Waals surface area contributed by atoms with E-state index in [0.717, 1.165) is 19.4 Å². The molecule has 0 spiro atoms. The first-order valence-corrected chi connectivity index (χ1v) is 6.61. The van der Waals surface area contributed by atoms with Gasteiger partial charge in [0.1, 0.15) is 0 Å². The molecule has 0 saturated carbocycles. The van der Waals surface area contributed by atoms with Gasteiger partial charge in [-0.3, -0.25) is 0 Å². The zero-order valence-electron chi connectivity index (χ0n) is 10.4. The Bertz CT molecular complexity index is 155. The zero-order valence-corrected chi connectivity index (χ0v) is 10.4. The van der Waals surface area contributed by atoms with Gasteiger partial charge in [0.05, 0.1) is 6.10 Å². The number of rotatable bonds is 6. The Morgan fingerprint density at radius 1 is 1.33 bits per heavy atom. The van der Waals surface area contributed by atoms with E-state index in [9.17, 15) is 0 Å². The van der Waals surface area contributed by atoms with Crippen LogP contribution in [0, 0.1) is 5.92 Å². The molecule has 1 heterocycles. The molecule has 0 amide bonds. The fraction of sp³-hybridized carbons (Fsp3) is 1.00. The smallest absolute Gasteiger partial charge is 0.0575 e. The number of hydrogen-bond donors (Lipinski definition) is 1. The molecule has 0 aliphatic carbocycles. The van der Waals surface area contributed by atoms with Crippen LogP contribution in [-0.2, 0) is 4.74 Å². The first-order chi connectivity index (χ1) is 7.24. The van der Waals surface area contributed by atoms with Crippen molar-refractivity contribution in [3.63, 3.8) is 0 Å². The highest BCUT2D eigenvalue weighted by atomic mass is 16.5. The Morgan fingerprint density at radius 3 is 2.73 bits per heavy atom. The summed E-state index contributed by atoms with van der Waals surface area (Å²) in [7, 11) is 0. The third-order valence-corrected chi connectivity index (χ3v) is 3.57. The van der Waals surface area contributed by atoms with Gasteiger partial charge in [-0.15, -0.1) is 0 Å². The lowest BCUT2D eigenvalue weighted by Crippen LogP contribution is -2.30. The van der Waals surface area contributed by atoms with Crippen LogP contribution < -0.4 is 5.73 Å². The summed E-state index contributed by atoms with van der Waals surface area (Å²) < 4.78 is 5.71. The van der Waals surface area contributed by atoms with Crippen molar-refractivity contribution >= 4 is 0 Å². The van der Waals surface area contributed by atoms with E-state index >= 15 is 0 Å². The van der Waals surface area contributed by atoms with Crippen molar-refractivity contribution in [2.24, 2.45) is 11.7 Å². The zero-order chi connectivity index (χ0) is 11.1. The van der Waals surface area contributed by atoms with Crippen LogP contribution in [0.1, 0.15) is 58.8 Å². The highest BCUT2D eigenvalue weighted by molar-refractivity contribution is 4.72. The van der Waals surface area contributed by atoms with Crippen molar-refractivity contribution in [2.45, 2.75) is 70.9 Å². The van der Waals surface area contributed by atoms with Gasteiger partial charge in [-0.1, -0.05) is 20.3 Å². The lowest BCUT2D eigenvalue weighted by atomic mass is 9.92. The van der Waals surface area contributed by atoms with Crippen LogP contribution in [0.2, 0.25) is 0 Å². The molecule has 0 aromatic heterocycles. The van der Waals surface area contributed by atoms with E-state index < -0.39 is 0 Å². The molecule has 90 valence electrons. The second-order valence-electron chi connectivity index (χ2n) is 5.00. The maximum absolute atomic E-state index is 6.16. The molecule has 15 heavy (non-hydrogen) atoms. The maximum Gasteiger partial charge on any atom is 0.0575 e. The van der Waals surface area contributed by atoms with Gasteiger partial charge in [-0.25, -0.2) is 0 Å². The van der Waals surface area contributed by atoms with Crippen LogP contribution in [-0.4, -0.2) is 18.8 Å². The van der Waals surface area contributed by atoms with Gasteiger partial charge in [-0.05, 0) is 44.4 Å². The lowest BCUT2D eigenvalue weighted by Gasteiger charge is -2.25. The Hall–Kier alpha value is -0.0800. The van der Waals surface area contributed by atoms with Crippen molar-refractivity contribution in [3.05, 3.63) is 0 Å². The van der Waals surface area contributed by atoms with Crippen LogP contribution in [0.25, 0.3) is 0 Å².